The zero-order valence-electron chi connectivity index (χ0n) is 12.9. The monoisotopic (exact) mass is 314 g/mol. The van der Waals surface area contributed by atoms with Crippen molar-refractivity contribution in [2.75, 3.05) is 6.61 Å². The maximum atomic E-state index is 11.9. The van der Waals surface area contributed by atoms with Gasteiger partial charge in [-0.05, 0) is 6.42 Å². The first-order chi connectivity index (χ1) is 10.4. The van der Waals surface area contributed by atoms with E-state index >= 15 is 0 Å². The van der Waals surface area contributed by atoms with Crippen LogP contribution in [-0.4, -0.2) is 51.0 Å². The first-order valence-corrected chi connectivity index (χ1v) is 7.82. The average molecular weight is 314 g/mol. The number of aliphatic carboxylic acids is 1. The molecule has 6 heteroatoms. The van der Waals surface area contributed by atoms with Gasteiger partial charge < -0.3 is 20.4 Å². The fourth-order valence-corrected chi connectivity index (χ4v) is 2.95. The maximum Gasteiger partial charge on any atom is 0.320 e. The molecule has 1 aliphatic rings. The van der Waals surface area contributed by atoms with Gasteiger partial charge in [0.2, 0.25) is 0 Å². The minimum atomic E-state index is -2.00. The van der Waals surface area contributed by atoms with Crippen LogP contribution in [0.4, 0.5) is 0 Å². The number of hydrogen-bond donors (Lipinski definition) is 4. The van der Waals surface area contributed by atoms with E-state index in [9.17, 15) is 30.0 Å². The second-order valence-corrected chi connectivity index (χ2v) is 5.96. The van der Waals surface area contributed by atoms with Crippen molar-refractivity contribution >= 4 is 11.8 Å². The SMILES string of the molecule is CCCCCC[C@H](O)/C=C/[C@H]1[C@H](O)CC(=O)C1(CO)C(=O)O. The van der Waals surface area contributed by atoms with Gasteiger partial charge in [-0.15, -0.1) is 0 Å². The highest BCUT2D eigenvalue weighted by atomic mass is 16.4. The van der Waals surface area contributed by atoms with Crippen LogP contribution in [0.15, 0.2) is 12.2 Å². The number of aliphatic hydroxyl groups excluding tert-OH is 3. The van der Waals surface area contributed by atoms with Crippen molar-refractivity contribution in [2.45, 2.75) is 57.7 Å². The van der Waals surface area contributed by atoms with Crippen molar-refractivity contribution in [3.63, 3.8) is 0 Å². The van der Waals surface area contributed by atoms with E-state index in [1.165, 1.54) is 12.2 Å². The molecule has 0 aromatic carbocycles. The normalized spacial score (nSPS) is 30.1. The highest BCUT2D eigenvalue weighted by molar-refractivity contribution is 6.06. The van der Waals surface area contributed by atoms with Gasteiger partial charge in [-0.3, -0.25) is 9.59 Å². The summed E-state index contributed by atoms with van der Waals surface area (Å²) < 4.78 is 0. The Morgan fingerprint density at radius 2 is 2.09 bits per heavy atom. The summed E-state index contributed by atoms with van der Waals surface area (Å²) in [6.45, 7) is 1.23. The first kappa shape index (κ1) is 18.8. The van der Waals surface area contributed by atoms with Gasteiger partial charge >= 0.3 is 5.97 Å². The fraction of sp³-hybridized carbons (Fsp3) is 0.750. The molecule has 1 aliphatic carbocycles. The highest BCUT2D eigenvalue weighted by Gasteiger charge is 2.58. The van der Waals surface area contributed by atoms with Crippen molar-refractivity contribution < 1.29 is 30.0 Å². The molecule has 6 nitrogen and oxygen atoms in total. The molecule has 1 saturated carbocycles. The van der Waals surface area contributed by atoms with Gasteiger partial charge in [-0.2, -0.15) is 0 Å². The van der Waals surface area contributed by atoms with Gasteiger partial charge in [0.25, 0.3) is 0 Å². The Kier molecular flexibility index (Phi) is 7.19. The lowest BCUT2D eigenvalue weighted by molar-refractivity contribution is -0.158. The summed E-state index contributed by atoms with van der Waals surface area (Å²) >= 11 is 0. The van der Waals surface area contributed by atoms with Gasteiger partial charge in [-0.1, -0.05) is 44.8 Å². The van der Waals surface area contributed by atoms with E-state index in [0.717, 1.165) is 25.7 Å². The Hall–Kier alpha value is -1.24. The van der Waals surface area contributed by atoms with Crippen LogP contribution >= 0.6 is 0 Å². The zero-order chi connectivity index (χ0) is 16.8. The van der Waals surface area contributed by atoms with Crippen LogP contribution in [-0.2, 0) is 9.59 Å². The van der Waals surface area contributed by atoms with Crippen molar-refractivity contribution in [3.8, 4) is 0 Å². The third-order valence-corrected chi connectivity index (χ3v) is 4.40. The average Bonchev–Trinajstić information content (AvgIpc) is 2.72. The van der Waals surface area contributed by atoms with Crippen LogP contribution in [0.1, 0.15) is 45.4 Å². The van der Waals surface area contributed by atoms with Crippen molar-refractivity contribution in [1.82, 2.24) is 0 Å². The quantitative estimate of drug-likeness (QED) is 0.285. The van der Waals surface area contributed by atoms with Crippen LogP contribution in [0.3, 0.4) is 0 Å². The molecule has 0 aromatic heterocycles. The Bertz CT molecular complexity index is 419. The van der Waals surface area contributed by atoms with E-state index in [1.807, 2.05) is 0 Å². The third kappa shape index (κ3) is 3.94. The van der Waals surface area contributed by atoms with Crippen molar-refractivity contribution in [1.29, 1.82) is 0 Å². The molecule has 0 heterocycles. The predicted molar refractivity (Wildman–Crippen MR) is 80.2 cm³/mol. The number of carbonyl (C=O) groups is 2. The molecule has 126 valence electrons. The lowest BCUT2D eigenvalue weighted by atomic mass is 9.77. The molecule has 1 rings (SSSR count). The van der Waals surface area contributed by atoms with E-state index in [4.69, 9.17) is 0 Å². The van der Waals surface area contributed by atoms with E-state index in [-0.39, 0.29) is 6.42 Å². The van der Waals surface area contributed by atoms with Crippen LogP contribution in [0.25, 0.3) is 0 Å². The molecule has 22 heavy (non-hydrogen) atoms. The lowest BCUT2D eigenvalue weighted by Gasteiger charge is -2.26. The Morgan fingerprint density at radius 1 is 1.41 bits per heavy atom. The Labute approximate surface area is 130 Å². The molecule has 4 N–H and O–H groups in total. The number of aliphatic hydroxyl groups is 3. The molecule has 0 radical (unpaired) electrons. The van der Waals surface area contributed by atoms with Gasteiger partial charge in [0.15, 0.2) is 11.2 Å². The second kappa shape index (κ2) is 8.41. The number of carboxylic acids is 1. The Balaban J connectivity index is 2.74. The number of carbonyl (C=O) groups excluding carboxylic acids is 1. The molecule has 1 fully saturated rings. The number of rotatable bonds is 9. The van der Waals surface area contributed by atoms with E-state index in [2.05, 4.69) is 6.92 Å². The summed E-state index contributed by atoms with van der Waals surface area (Å²) in [5.41, 5.74) is -2.00. The second-order valence-electron chi connectivity index (χ2n) is 5.96. The maximum absolute atomic E-state index is 11.9. The van der Waals surface area contributed by atoms with Gasteiger partial charge in [0.05, 0.1) is 18.8 Å². The summed E-state index contributed by atoms with van der Waals surface area (Å²) in [4.78, 5) is 23.3. The highest BCUT2D eigenvalue weighted by Crippen LogP contribution is 2.41. The summed E-state index contributed by atoms with van der Waals surface area (Å²) in [6, 6.07) is 0. The molecule has 0 aliphatic heterocycles. The van der Waals surface area contributed by atoms with Crippen molar-refractivity contribution in [3.05, 3.63) is 12.2 Å². The zero-order valence-corrected chi connectivity index (χ0v) is 12.9. The summed E-state index contributed by atoms with van der Waals surface area (Å²) in [6.07, 6.45) is 5.21. The van der Waals surface area contributed by atoms with Crippen LogP contribution in [0, 0.1) is 11.3 Å². The standard InChI is InChI=1S/C16H26O6/c1-2-3-4-5-6-11(18)7-8-12-13(19)9-14(20)16(12,10-17)15(21)22/h7-8,11-13,17-19H,2-6,9-10H2,1H3,(H,21,22)/b8-7+/t11-,12-,13+,16?/m0/s1. The van der Waals surface area contributed by atoms with E-state index in [0.29, 0.717) is 6.42 Å². The number of carboxylic acid groups (broad SMARTS) is 1. The van der Waals surface area contributed by atoms with Crippen molar-refractivity contribution in [2.24, 2.45) is 11.3 Å². The molecular weight excluding hydrogens is 288 g/mol. The molecular formula is C16H26O6. The van der Waals surface area contributed by atoms with Gasteiger partial charge in [0, 0.05) is 12.3 Å². The molecule has 1 unspecified atom stereocenters. The number of hydrogen-bond acceptors (Lipinski definition) is 5. The van der Waals surface area contributed by atoms with Gasteiger partial charge in [-0.25, -0.2) is 0 Å². The molecule has 0 spiro atoms. The molecule has 0 saturated heterocycles. The third-order valence-electron chi connectivity index (χ3n) is 4.40. The number of Topliss-reactive ketones (excluding diaryl/α,β-unsaturated/α-hetero) is 1. The lowest BCUT2D eigenvalue weighted by Crippen LogP contribution is -2.45. The molecule has 0 bridgehead atoms. The largest absolute Gasteiger partial charge is 0.480 e. The topological polar surface area (TPSA) is 115 Å². The minimum absolute atomic E-state index is 0.297. The van der Waals surface area contributed by atoms with Crippen LogP contribution in [0.5, 0.6) is 0 Å². The van der Waals surface area contributed by atoms with E-state index in [1.54, 1.807) is 0 Å². The minimum Gasteiger partial charge on any atom is -0.480 e. The van der Waals surface area contributed by atoms with Crippen LogP contribution in [0.2, 0.25) is 0 Å². The van der Waals surface area contributed by atoms with Crippen LogP contribution < -0.4 is 0 Å². The first-order valence-electron chi connectivity index (χ1n) is 7.82. The molecule has 4 atom stereocenters. The number of unbranched alkanes of at least 4 members (excludes halogenated alkanes) is 3. The smallest absolute Gasteiger partial charge is 0.320 e. The summed E-state index contributed by atoms with van der Waals surface area (Å²) in [5, 5.41) is 38.5. The van der Waals surface area contributed by atoms with E-state index < -0.39 is 41.9 Å². The predicted octanol–water partition coefficient (Wildman–Crippen LogP) is 0.887. The summed E-state index contributed by atoms with van der Waals surface area (Å²) in [7, 11) is 0. The molecule has 0 amide bonds. The fourth-order valence-electron chi connectivity index (χ4n) is 2.95. The number of ketones is 1. The Morgan fingerprint density at radius 3 is 2.64 bits per heavy atom. The summed E-state index contributed by atoms with van der Waals surface area (Å²) in [5.74, 6) is -3.14. The van der Waals surface area contributed by atoms with Gasteiger partial charge in [0.1, 0.15) is 0 Å². The molecule has 0 aromatic rings.